The van der Waals surface area contributed by atoms with Crippen LogP contribution >= 0.6 is 39.0 Å². The van der Waals surface area contributed by atoms with E-state index in [1.807, 2.05) is 36.4 Å². The fraction of sp³-hybridized carbons (Fsp3) is 0.118. The van der Waals surface area contributed by atoms with E-state index in [1.54, 1.807) is 22.4 Å². The number of halogens is 1. The van der Waals surface area contributed by atoms with E-state index in [-0.39, 0.29) is 12.1 Å². The van der Waals surface area contributed by atoms with Crippen molar-refractivity contribution in [2.45, 2.75) is 6.17 Å². The van der Waals surface area contributed by atoms with Gasteiger partial charge in [-0.05, 0) is 34.1 Å². The summed E-state index contributed by atoms with van der Waals surface area (Å²) < 4.78 is 1.02. The number of nitrogens with one attached hydrogen (secondary N) is 1. The van der Waals surface area contributed by atoms with Crippen molar-refractivity contribution in [2.24, 2.45) is 10.1 Å². The summed E-state index contributed by atoms with van der Waals surface area (Å²) >= 11 is 6.52. The lowest BCUT2D eigenvalue weighted by Crippen LogP contribution is -2.50. The predicted molar refractivity (Wildman–Crippen MR) is 105 cm³/mol. The highest BCUT2D eigenvalue weighted by atomic mass is 79.9. The van der Waals surface area contributed by atoms with Crippen LogP contribution in [0.15, 0.2) is 62.9 Å². The molecule has 2 aromatic rings. The first kappa shape index (κ1) is 16.6. The number of hydrogen-bond donors (Lipinski definition) is 1. The number of carbonyl (C=O) groups is 1. The first-order valence-corrected chi connectivity index (χ1v) is 10.1. The number of hydrazone groups is 1. The van der Waals surface area contributed by atoms with Gasteiger partial charge in [0.05, 0.1) is 14.0 Å². The predicted octanol–water partition coefficient (Wildman–Crippen LogP) is 2.57. The summed E-state index contributed by atoms with van der Waals surface area (Å²) in [5, 5.41) is 11.4. The molecule has 0 bridgehead atoms. The molecule has 1 aromatic carbocycles. The van der Waals surface area contributed by atoms with E-state index in [1.165, 1.54) is 11.8 Å². The maximum Gasteiger partial charge on any atom is 0.276 e. The van der Waals surface area contributed by atoms with Crippen molar-refractivity contribution in [3.05, 3.63) is 68.3 Å². The van der Waals surface area contributed by atoms with Gasteiger partial charge in [-0.15, -0.1) is 23.0 Å². The molecule has 0 radical (unpaired) electrons. The van der Waals surface area contributed by atoms with E-state index in [0.29, 0.717) is 16.6 Å². The van der Waals surface area contributed by atoms with Crippen LogP contribution < -0.4 is 15.9 Å². The third-order valence-corrected chi connectivity index (χ3v) is 6.22. The molecule has 4 rings (SSSR count). The van der Waals surface area contributed by atoms with Crippen LogP contribution in [0.2, 0.25) is 0 Å². The van der Waals surface area contributed by atoms with Gasteiger partial charge in [-0.2, -0.15) is 0 Å². The number of amidine groups is 1. The zero-order chi connectivity index (χ0) is 17.4. The molecule has 0 spiro atoms. The van der Waals surface area contributed by atoms with E-state index in [4.69, 9.17) is 4.99 Å². The smallest absolute Gasteiger partial charge is 0.276 e. The van der Waals surface area contributed by atoms with E-state index in [9.17, 15) is 4.79 Å². The van der Waals surface area contributed by atoms with Gasteiger partial charge < -0.3 is 0 Å². The Labute approximate surface area is 161 Å². The summed E-state index contributed by atoms with van der Waals surface area (Å²) in [4.78, 5) is 18.6. The topological polar surface area (TPSA) is 57.1 Å². The number of thiophene rings is 1. The van der Waals surface area contributed by atoms with Crippen molar-refractivity contribution in [3.8, 4) is 0 Å². The molecule has 1 atom stereocenters. The number of fused-ring (bicyclic) bond motifs is 2. The zero-order valence-corrected chi connectivity index (χ0v) is 16.2. The molecule has 0 saturated heterocycles. The standard InChI is InChI=1S/C17H13BrN4OS2/c1-2-9-24-17-20-16(23)14-10-5-3-4-6-11(10)19-15(22(14)21-17)12-7-8-13(18)25-12/h2-8,15H,1,9H2,(H,20,21,23). The van der Waals surface area contributed by atoms with Crippen LogP contribution in [0.4, 0.5) is 0 Å². The molecular weight excluding hydrogens is 420 g/mol. The molecule has 0 fully saturated rings. The van der Waals surface area contributed by atoms with Crippen LogP contribution in [0.5, 0.6) is 0 Å². The van der Waals surface area contributed by atoms with Crippen LogP contribution in [0.25, 0.3) is 5.70 Å². The van der Waals surface area contributed by atoms with Gasteiger partial charge in [-0.3, -0.25) is 15.1 Å². The molecule has 2 aliphatic rings. The van der Waals surface area contributed by atoms with Gasteiger partial charge in [0.2, 0.25) is 0 Å². The fourth-order valence-electron chi connectivity index (χ4n) is 2.68. The van der Waals surface area contributed by atoms with Crippen LogP contribution in [0.1, 0.15) is 11.0 Å². The van der Waals surface area contributed by atoms with E-state index < -0.39 is 0 Å². The van der Waals surface area contributed by atoms with E-state index in [0.717, 1.165) is 19.2 Å². The lowest BCUT2D eigenvalue weighted by molar-refractivity contribution is -0.116. The number of thioether (sulfide) groups is 1. The van der Waals surface area contributed by atoms with Crippen molar-refractivity contribution in [1.29, 1.82) is 0 Å². The SMILES string of the molecule is C=CCSC1=NN2C(=c3ccccc3=NC2c2ccc(Br)s2)C(=O)N1. The number of hydrogen-bond acceptors (Lipinski definition) is 6. The van der Waals surface area contributed by atoms with Gasteiger partial charge in [0.15, 0.2) is 11.3 Å². The molecule has 5 nitrogen and oxygen atoms in total. The number of rotatable bonds is 3. The molecule has 2 aliphatic heterocycles. The average molecular weight is 433 g/mol. The van der Waals surface area contributed by atoms with Gasteiger partial charge in [-0.1, -0.05) is 36.0 Å². The van der Waals surface area contributed by atoms with Crippen LogP contribution in [-0.2, 0) is 4.79 Å². The fourth-order valence-corrected chi connectivity index (χ4v) is 4.72. The first-order valence-electron chi connectivity index (χ1n) is 7.52. The van der Waals surface area contributed by atoms with Gasteiger partial charge >= 0.3 is 0 Å². The number of para-hydroxylation sites is 1. The molecule has 8 heteroatoms. The second-order valence-electron chi connectivity index (χ2n) is 5.31. The molecule has 1 amide bonds. The van der Waals surface area contributed by atoms with Gasteiger partial charge in [0, 0.05) is 11.0 Å². The molecule has 0 aliphatic carbocycles. The average Bonchev–Trinajstić information content (AvgIpc) is 3.05. The van der Waals surface area contributed by atoms with Crippen molar-refractivity contribution in [2.75, 3.05) is 5.75 Å². The van der Waals surface area contributed by atoms with Crippen molar-refractivity contribution < 1.29 is 4.79 Å². The van der Waals surface area contributed by atoms with Crippen LogP contribution in [0, 0.1) is 0 Å². The van der Waals surface area contributed by atoms with Gasteiger partial charge in [0.25, 0.3) is 5.91 Å². The van der Waals surface area contributed by atoms with Crippen molar-refractivity contribution in [3.63, 3.8) is 0 Å². The molecule has 3 heterocycles. The maximum absolute atomic E-state index is 12.8. The summed E-state index contributed by atoms with van der Waals surface area (Å²) in [5.41, 5.74) is 0.531. The molecule has 0 saturated carbocycles. The Hall–Kier alpha value is -1.90. The molecule has 126 valence electrons. The summed E-state index contributed by atoms with van der Waals surface area (Å²) in [6.45, 7) is 3.71. The largest absolute Gasteiger partial charge is 0.298 e. The highest BCUT2D eigenvalue weighted by molar-refractivity contribution is 9.11. The number of nitrogens with zero attached hydrogens (tertiary/aromatic N) is 3. The Morgan fingerprint density at radius 2 is 2.20 bits per heavy atom. The second-order valence-corrected chi connectivity index (χ2v) is 8.82. The number of benzene rings is 1. The monoisotopic (exact) mass is 432 g/mol. The normalized spacial score (nSPS) is 18.7. The maximum atomic E-state index is 12.8. The quantitative estimate of drug-likeness (QED) is 0.758. The number of carbonyl (C=O) groups excluding carboxylic acids is 1. The zero-order valence-electron chi connectivity index (χ0n) is 13.0. The van der Waals surface area contributed by atoms with Crippen molar-refractivity contribution >= 4 is 55.8 Å². The van der Waals surface area contributed by atoms with Crippen molar-refractivity contribution in [1.82, 2.24) is 10.3 Å². The molecule has 1 N–H and O–H groups in total. The molecule has 25 heavy (non-hydrogen) atoms. The Morgan fingerprint density at radius 3 is 2.96 bits per heavy atom. The minimum atomic E-state index is -0.355. The highest BCUT2D eigenvalue weighted by Gasteiger charge is 2.34. The first-order chi connectivity index (χ1) is 12.2. The van der Waals surface area contributed by atoms with E-state index in [2.05, 4.69) is 32.9 Å². The molecular formula is C17H13BrN4OS2. The molecule has 1 aromatic heterocycles. The highest BCUT2D eigenvalue weighted by Crippen LogP contribution is 2.35. The Morgan fingerprint density at radius 1 is 1.36 bits per heavy atom. The van der Waals surface area contributed by atoms with E-state index >= 15 is 0 Å². The third-order valence-electron chi connectivity index (χ3n) is 3.70. The Kier molecular flexibility index (Phi) is 4.49. The second kappa shape index (κ2) is 6.78. The Balaban J connectivity index is 1.91. The minimum Gasteiger partial charge on any atom is -0.298 e. The lowest BCUT2D eigenvalue weighted by atomic mass is 10.1. The summed E-state index contributed by atoms with van der Waals surface area (Å²) in [5.74, 6) is 0.509. The lowest BCUT2D eigenvalue weighted by Gasteiger charge is -2.33. The Bertz CT molecular complexity index is 1010. The van der Waals surface area contributed by atoms with Gasteiger partial charge in [0.1, 0.15) is 5.70 Å². The number of amides is 1. The van der Waals surface area contributed by atoms with Gasteiger partial charge in [-0.25, -0.2) is 5.01 Å². The molecule has 1 unspecified atom stereocenters. The summed E-state index contributed by atoms with van der Waals surface area (Å²) in [7, 11) is 0. The summed E-state index contributed by atoms with van der Waals surface area (Å²) in [6, 6.07) is 11.6. The summed E-state index contributed by atoms with van der Waals surface area (Å²) in [6.07, 6.45) is 1.43. The van der Waals surface area contributed by atoms with Crippen LogP contribution in [0.3, 0.4) is 0 Å². The minimum absolute atomic E-state index is 0.162. The third kappa shape index (κ3) is 3.05. The van der Waals surface area contributed by atoms with Crippen LogP contribution in [-0.4, -0.2) is 21.8 Å².